The van der Waals surface area contributed by atoms with E-state index in [2.05, 4.69) is 21.2 Å². The molecule has 0 aliphatic heterocycles. The molecule has 1 aromatic rings. The van der Waals surface area contributed by atoms with Crippen LogP contribution < -0.4 is 11.1 Å². The number of halogens is 2. The minimum Gasteiger partial charge on any atom is -0.329 e. The van der Waals surface area contributed by atoms with Crippen molar-refractivity contribution in [3.05, 3.63) is 27.7 Å². The van der Waals surface area contributed by atoms with Gasteiger partial charge in [-0.1, -0.05) is 53.2 Å². The van der Waals surface area contributed by atoms with E-state index in [1.807, 2.05) is 12.1 Å². The first-order valence-corrected chi connectivity index (χ1v) is 8.21. The van der Waals surface area contributed by atoms with Crippen molar-refractivity contribution in [2.45, 2.75) is 38.5 Å². The van der Waals surface area contributed by atoms with Crippen LogP contribution in [0, 0.1) is 5.41 Å². The Labute approximate surface area is 133 Å². The van der Waals surface area contributed by atoms with Crippen molar-refractivity contribution >= 4 is 39.1 Å². The van der Waals surface area contributed by atoms with Crippen LogP contribution in [-0.2, 0) is 4.79 Å². The molecule has 1 aliphatic rings. The van der Waals surface area contributed by atoms with Crippen molar-refractivity contribution in [3.8, 4) is 0 Å². The van der Waals surface area contributed by atoms with Gasteiger partial charge in [-0.3, -0.25) is 4.79 Å². The zero-order chi connectivity index (χ0) is 14.6. The van der Waals surface area contributed by atoms with E-state index in [0.29, 0.717) is 17.3 Å². The van der Waals surface area contributed by atoms with E-state index in [1.165, 1.54) is 12.8 Å². The predicted molar refractivity (Wildman–Crippen MR) is 87.0 cm³/mol. The lowest BCUT2D eigenvalue weighted by molar-refractivity contribution is -0.125. The Kier molecular flexibility index (Phi) is 5.47. The molecule has 0 aromatic heterocycles. The van der Waals surface area contributed by atoms with E-state index in [1.54, 1.807) is 6.07 Å². The Morgan fingerprint density at radius 1 is 1.30 bits per heavy atom. The summed E-state index contributed by atoms with van der Waals surface area (Å²) in [4.78, 5) is 12.7. The van der Waals surface area contributed by atoms with Crippen LogP contribution in [0.1, 0.15) is 38.5 Å². The van der Waals surface area contributed by atoms with Gasteiger partial charge in [-0.15, -0.1) is 0 Å². The van der Waals surface area contributed by atoms with Crippen LogP contribution in [0.2, 0.25) is 5.02 Å². The first-order valence-electron chi connectivity index (χ1n) is 7.04. The van der Waals surface area contributed by atoms with Crippen molar-refractivity contribution in [2.75, 3.05) is 11.9 Å². The predicted octanol–water partition coefficient (Wildman–Crippen LogP) is 4.34. The Morgan fingerprint density at radius 3 is 2.55 bits per heavy atom. The lowest BCUT2D eigenvalue weighted by Crippen LogP contribution is -2.42. The highest BCUT2D eigenvalue weighted by Gasteiger charge is 2.37. The second-order valence-electron chi connectivity index (χ2n) is 5.48. The van der Waals surface area contributed by atoms with Gasteiger partial charge in [0.05, 0.1) is 16.1 Å². The van der Waals surface area contributed by atoms with Crippen LogP contribution in [0.3, 0.4) is 0 Å². The van der Waals surface area contributed by atoms with Gasteiger partial charge in [0.15, 0.2) is 0 Å². The number of hydrogen-bond donors (Lipinski definition) is 2. The van der Waals surface area contributed by atoms with E-state index < -0.39 is 5.41 Å². The highest BCUT2D eigenvalue weighted by Crippen LogP contribution is 2.36. The maximum atomic E-state index is 12.7. The number of benzene rings is 1. The van der Waals surface area contributed by atoms with Crippen molar-refractivity contribution < 1.29 is 4.79 Å². The summed E-state index contributed by atoms with van der Waals surface area (Å²) in [5, 5.41) is 3.50. The van der Waals surface area contributed by atoms with Gasteiger partial charge < -0.3 is 11.1 Å². The summed E-state index contributed by atoms with van der Waals surface area (Å²) < 4.78 is 0.889. The van der Waals surface area contributed by atoms with Gasteiger partial charge in [-0.05, 0) is 31.0 Å². The first kappa shape index (κ1) is 15.8. The molecule has 1 amide bonds. The molecule has 0 atom stereocenters. The van der Waals surface area contributed by atoms with E-state index in [9.17, 15) is 4.79 Å². The molecule has 1 fully saturated rings. The fourth-order valence-corrected chi connectivity index (χ4v) is 3.30. The molecule has 1 aliphatic carbocycles. The number of rotatable bonds is 3. The SMILES string of the molecule is NCC1(C(=O)Nc2cc(Br)ccc2Cl)CCCCCC1. The molecule has 3 N–H and O–H groups in total. The molecule has 0 unspecified atom stereocenters. The number of nitrogens with two attached hydrogens (primary N) is 1. The number of amides is 1. The number of anilines is 1. The lowest BCUT2D eigenvalue weighted by Gasteiger charge is -2.30. The molecule has 3 nitrogen and oxygen atoms in total. The molecule has 0 saturated heterocycles. The van der Waals surface area contributed by atoms with Crippen LogP contribution in [0.5, 0.6) is 0 Å². The zero-order valence-corrected chi connectivity index (χ0v) is 13.8. The Morgan fingerprint density at radius 2 is 1.95 bits per heavy atom. The molecule has 0 heterocycles. The van der Waals surface area contributed by atoms with E-state index >= 15 is 0 Å². The van der Waals surface area contributed by atoms with Gasteiger partial charge in [0.2, 0.25) is 5.91 Å². The molecular formula is C15H20BrClN2O. The molecule has 1 saturated carbocycles. The lowest BCUT2D eigenvalue weighted by atomic mass is 9.79. The Hall–Kier alpha value is -0.580. The van der Waals surface area contributed by atoms with Crippen molar-refractivity contribution in [1.82, 2.24) is 0 Å². The molecule has 0 spiro atoms. The van der Waals surface area contributed by atoms with Crippen LogP contribution in [0.4, 0.5) is 5.69 Å². The van der Waals surface area contributed by atoms with Gasteiger partial charge in [0, 0.05) is 11.0 Å². The fourth-order valence-electron chi connectivity index (χ4n) is 2.78. The third-order valence-electron chi connectivity index (χ3n) is 4.11. The van der Waals surface area contributed by atoms with Gasteiger partial charge in [-0.25, -0.2) is 0 Å². The topological polar surface area (TPSA) is 55.1 Å². The monoisotopic (exact) mass is 358 g/mol. The summed E-state index contributed by atoms with van der Waals surface area (Å²) in [5.74, 6) is 0.00176. The summed E-state index contributed by atoms with van der Waals surface area (Å²) in [7, 11) is 0. The molecule has 110 valence electrons. The molecule has 2 rings (SSSR count). The number of carbonyl (C=O) groups excluding carboxylic acids is 1. The maximum Gasteiger partial charge on any atom is 0.231 e. The maximum absolute atomic E-state index is 12.7. The molecule has 20 heavy (non-hydrogen) atoms. The van der Waals surface area contributed by atoms with Crippen molar-refractivity contribution in [1.29, 1.82) is 0 Å². The van der Waals surface area contributed by atoms with Crippen molar-refractivity contribution in [3.63, 3.8) is 0 Å². The smallest absolute Gasteiger partial charge is 0.231 e. The zero-order valence-electron chi connectivity index (χ0n) is 11.4. The third-order valence-corrected chi connectivity index (χ3v) is 4.93. The molecule has 5 heteroatoms. The second kappa shape index (κ2) is 6.92. The van der Waals surface area contributed by atoms with E-state index in [-0.39, 0.29) is 5.91 Å². The normalized spacial score (nSPS) is 18.4. The summed E-state index contributed by atoms with van der Waals surface area (Å²) in [5.41, 5.74) is 6.13. The highest BCUT2D eigenvalue weighted by molar-refractivity contribution is 9.10. The average Bonchev–Trinajstić information content (AvgIpc) is 2.69. The first-order chi connectivity index (χ1) is 9.57. The second-order valence-corrected chi connectivity index (χ2v) is 6.80. The van der Waals surface area contributed by atoms with Crippen molar-refractivity contribution in [2.24, 2.45) is 11.1 Å². The van der Waals surface area contributed by atoms with Gasteiger partial charge in [-0.2, -0.15) is 0 Å². The third kappa shape index (κ3) is 3.54. The van der Waals surface area contributed by atoms with Crippen LogP contribution in [0.15, 0.2) is 22.7 Å². The fraction of sp³-hybridized carbons (Fsp3) is 0.533. The van der Waals surface area contributed by atoms with Gasteiger partial charge >= 0.3 is 0 Å². The van der Waals surface area contributed by atoms with Crippen LogP contribution in [-0.4, -0.2) is 12.5 Å². The molecule has 1 aromatic carbocycles. The van der Waals surface area contributed by atoms with Gasteiger partial charge in [0.1, 0.15) is 0 Å². The summed E-state index contributed by atoms with van der Waals surface area (Å²) >= 11 is 9.52. The van der Waals surface area contributed by atoms with Crippen LogP contribution in [0.25, 0.3) is 0 Å². The number of hydrogen-bond acceptors (Lipinski definition) is 2. The Bertz CT molecular complexity index is 485. The van der Waals surface area contributed by atoms with Crippen LogP contribution >= 0.6 is 27.5 Å². The number of nitrogens with one attached hydrogen (secondary N) is 1. The number of carbonyl (C=O) groups is 1. The van der Waals surface area contributed by atoms with E-state index in [0.717, 1.165) is 30.2 Å². The van der Waals surface area contributed by atoms with Gasteiger partial charge in [0.25, 0.3) is 0 Å². The summed E-state index contributed by atoms with van der Waals surface area (Å²) in [6, 6.07) is 5.44. The molecule has 0 bridgehead atoms. The standard InChI is InChI=1S/C15H20BrClN2O/c16-11-5-6-12(17)13(9-11)19-14(20)15(10-18)7-3-1-2-4-8-15/h5-6,9H,1-4,7-8,10,18H2,(H,19,20). The Balaban J connectivity index is 2.18. The average molecular weight is 360 g/mol. The summed E-state index contributed by atoms with van der Waals surface area (Å²) in [6.07, 6.45) is 6.23. The minimum absolute atomic E-state index is 0.00176. The van der Waals surface area contributed by atoms with E-state index in [4.69, 9.17) is 17.3 Å². The molecule has 0 radical (unpaired) electrons. The quantitative estimate of drug-likeness (QED) is 0.789. The highest BCUT2D eigenvalue weighted by atomic mass is 79.9. The molecular weight excluding hydrogens is 340 g/mol. The largest absolute Gasteiger partial charge is 0.329 e. The minimum atomic E-state index is -0.442. The summed E-state index contributed by atoms with van der Waals surface area (Å²) in [6.45, 7) is 0.393.